The van der Waals surface area contributed by atoms with E-state index in [1.807, 2.05) is 6.08 Å². The summed E-state index contributed by atoms with van der Waals surface area (Å²) in [7, 11) is 0. The molecule has 1 unspecified atom stereocenters. The van der Waals surface area contributed by atoms with Crippen LogP contribution in [0, 0.1) is 18.3 Å². The quantitative estimate of drug-likeness (QED) is 0.419. The SMILES string of the molecule is C#CCCC/C=C/C(=O)NCC1CCOC1. The molecule has 1 atom stereocenters. The zero-order valence-electron chi connectivity index (χ0n) is 9.58. The standard InChI is InChI=1S/C13H19NO2/c1-2-3-4-5-6-7-13(15)14-10-12-8-9-16-11-12/h1,6-7,12H,3-5,8-11H2,(H,14,15)/b7-6+. The maximum Gasteiger partial charge on any atom is 0.243 e. The van der Waals surface area contributed by atoms with Gasteiger partial charge in [-0.1, -0.05) is 6.08 Å². The third kappa shape index (κ3) is 5.57. The fourth-order valence-corrected chi connectivity index (χ4v) is 1.56. The molecule has 1 rings (SSSR count). The molecule has 16 heavy (non-hydrogen) atoms. The number of nitrogens with one attached hydrogen (secondary N) is 1. The van der Waals surface area contributed by atoms with Crippen molar-refractivity contribution in [2.75, 3.05) is 19.8 Å². The van der Waals surface area contributed by atoms with Gasteiger partial charge in [0, 0.05) is 25.5 Å². The first-order chi connectivity index (χ1) is 7.83. The third-order valence-electron chi connectivity index (χ3n) is 2.55. The molecule has 0 bridgehead atoms. The van der Waals surface area contributed by atoms with Crippen molar-refractivity contribution in [2.45, 2.75) is 25.7 Å². The van der Waals surface area contributed by atoms with Crippen molar-refractivity contribution in [2.24, 2.45) is 5.92 Å². The van der Waals surface area contributed by atoms with E-state index in [9.17, 15) is 4.79 Å². The molecule has 0 saturated carbocycles. The van der Waals surface area contributed by atoms with Crippen molar-refractivity contribution in [1.29, 1.82) is 0 Å². The highest BCUT2D eigenvalue weighted by Gasteiger charge is 2.15. The minimum absolute atomic E-state index is 0.0207. The fourth-order valence-electron chi connectivity index (χ4n) is 1.56. The number of unbranched alkanes of at least 4 members (excludes halogenated alkanes) is 2. The molecule has 1 amide bonds. The molecule has 1 aliphatic heterocycles. The van der Waals surface area contributed by atoms with E-state index in [1.165, 1.54) is 0 Å². The summed E-state index contributed by atoms with van der Waals surface area (Å²) in [6.45, 7) is 2.31. The van der Waals surface area contributed by atoms with E-state index in [4.69, 9.17) is 11.2 Å². The predicted octanol–water partition coefficient (Wildman–Crippen LogP) is 1.50. The highest BCUT2D eigenvalue weighted by atomic mass is 16.5. The van der Waals surface area contributed by atoms with Gasteiger partial charge in [0.1, 0.15) is 0 Å². The van der Waals surface area contributed by atoms with Gasteiger partial charge in [0.15, 0.2) is 0 Å². The summed E-state index contributed by atoms with van der Waals surface area (Å²) in [6, 6.07) is 0. The highest BCUT2D eigenvalue weighted by molar-refractivity contribution is 5.87. The van der Waals surface area contributed by atoms with Crippen LogP contribution >= 0.6 is 0 Å². The van der Waals surface area contributed by atoms with Crippen LogP contribution in [0.4, 0.5) is 0 Å². The lowest BCUT2D eigenvalue weighted by atomic mass is 10.1. The number of rotatable bonds is 6. The molecule has 1 fully saturated rings. The number of ether oxygens (including phenoxy) is 1. The van der Waals surface area contributed by atoms with Crippen LogP contribution in [0.25, 0.3) is 0 Å². The van der Waals surface area contributed by atoms with E-state index >= 15 is 0 Å². The second kappa shape index (κ2) is 7.95. The summed E-state index contributed by atoms with van der Waals surface area (Å²) < 4.78 is 5.23. The highest BCUT2D eigenvalue weighted by Crippen LogP contribution is 2.10. The molecule has 1 heterocycles. The maximum atomic E-state index is 11.4. The number of hydrogen-bond donors (Lipinski definition) is 1. The number of amides is 1. The Kier molecular flexibility index (Phi) is 6.36. The van der Waals surface area contributed by atoms with Gasteiger partial charge in [0.05, 0.1) is 6.61 Å². The molecule has 0 radical (unpaired) electrons. The largest absolute Gasteiger partial charge is 0.381 e. The molecule has 0 aromatic carbocycles. The zero-order valence-corrected chi connectivity index (χ0v) is 9.58. The third-order valence-corrected chi connectivity index (χ3v) is 2.55. The summed E-state index contributed by atoms with van der Waals surface area (Å²) in [5.41, 5.74) is 0. The monoisotopic (exact) mass is 221 g/mol. The number of carbonyl (C=O) groups excluding carboxylic acids is 1. The van der Waals surface area contributed by atoms with Crippen molar-refractivity contribution in [3.63, 3.8) is 0 Å². The molecule has 0 aliphatic carbocycles. The average Bonchev–Trinajstić information content (AvgIpc) is 2.79. The summed E-state index contributed by atoms with van der Waals surface area (Å²) >= 11 is 0. The van der Waals surface area contributed by atoms with Crippen LogP contribution in [-0.4, -0.2) is 25.7 Å². The predicted molar refractivity (Wildman–Crippen MR) is 63.8 cm³/mol. The van der Waals surface area contributed by atoms with Gasteiger partial charge in [-0.25, -0.2) is 0 Å². The van der Waals surface area contributed by atoms with E-state index in [1.54, 1.807) is 6.08 Å². The van der Waals surface area contributed by atoms with E-state index in [-0.39, 0.29) is 5.91 Å². The first-order valence-corrected chi connectivity index (χ1v) is 5.78. The van der Waals surface area contributed by atoms with Gasteiger partial charge in [0.2, 0.25) is 5.91 Å². The van der Waals surface area contributed by atoms with E-state index in [0.29, 0.717) is 12.5 Å². The van der Waals surface area contributed by atoms with Crippen molar-refractivity contribution >= 4 is 5.91 Å². The Labute approximate surface area is 97.2 Å². The summed E-state index contributed by atoms with van der Waals surface area (Å²) in [5, 5.41) is 2.87. The van der Waals surface area contributed by atoms with Crippen LogP contribution in [0.2, 0.25) is 0 Å². The molecule has 3 heteroatoms. The number of allylic oxidation sites excluding steroid dienone is 1. The lowest BCUT2D eigenvalue weighted by molar-refractivity contribution is -0.116. The van der Waals surface area contributed by atoms with Gasteiger partial charge in [-0.2, -0.15) is 0 Å². The lowest BCUT2D eigenvalue weighted by Crippen LogP contribution is -2.27. The molecule has 0 aromatic rings. The molecule has 0 spiro atoms. The van der Waals surface area contributed by atoms with Crippen LogP contribution in [0.3, 0.4) is 0 Å². The minimum Gasteiger partial charge on any atom is -0.381 e. The van der Waals surface area contributed by atoms with E-state index in [2.05, 4.69) is 11.2 Å². The Morgan fingerprint density at radius 3 is 3.19 bits per heavy atom. The molecule has 3 nitrogen and oxygen atoms in total. The van der Waals surface area contributed by atoms with Crippen molar-refractivity contribution in [3.05, 3.63) is 12.2 Å². The van der Waals surface area contributed by atoms with E-state index in [0.717, 1.165) is 38.9 Å². The Hall–Kier alpha value is -1.27. The Morgan fingerprint density at radius 2 is 2.50 bits per heavy atom. The number of terminal acetylenes is 1. The van der Waals surface area contributed by atoms with Crippen LogP contribution in [-0.2, 0) is 9.53 Å². The maximum absolute atomic E-state index is 11.4. The van der Waals surface area contributed by atoms with E-state index < -0.39 is 0 Å². The summed E-state index contributed by atoms with van der Waals surface area (Å²) in [5.74, 6) is 3.03. The van der Waals surface area contributed by atoms with Crippen LogP contribution in [0.5, 0.6) is 0 Å². The van der Waals surface area contributed by atoms with Gasteiger partial charge in [-0.3, -0.25) is 4.79 Å². The molecule has 1 N–H and O–H groups in total. The molecular formula is C13H19NO2. The molecule has 1 aliphatic rings. The summed E-state index contributed by atoms with van der Waals surface area (Å²) in [4.78, 5) is 11.4. The molecule has 0 aromatic heterocycles. The Bertz CT molecular complexity index is 272. The lowest BCUT2D eigenvalue weighted by Gasteiger charge is -2.06. The average molecular weight is 221 g/mol. The second-order valence-corrected chi connectivity index (χ2v) is 3.97. The molecular weight excluding hydrogens is 202 g/mol. The molecule has 1 saturated heterocycles. The van der Waals surface area contributed by atoms with Gasteiger partial charge in [-0.05, 0) is 25.3 Å². The number of carbonyl (C=O) groups is 1. The zero-order chi connectivity index (χ0) is 11.6. The van der Waals surface area contributed by atoms with Crippen molar-refractivity contribution < 1.29 is 9.53 Å². The molecule has 88 valence electrons. The first-order valence-electron chi connectivity index (χ1n) is 5.78. The Morgan fingerprint density at radius 1 is 1.62 bits per heavy atom. The topological polar surface area (TPSA) is 38.3 Å². The van der Waals surface area contributed by atoms with Crippen LogP contribution in [0.15, 0.2) is 12.2 Å². The fraction of sp³-hybridized carbons (Fsp3) is 0.615. The van der Waals surface area contributed by atoms with Gasteiger partial charge in [-0.15, -0.1) is 12.3 Å². The van der Waals surface area contributed by atoms with Crippen molar-refractivity contribution in [1.82, 2.24) is 5.32 Å². The summed E-state index contributed by atoms with van der Waals surface area (Å²) in [6.07, 6.45) is 12.2. The smallest absolute Gasteiger partial charge is 0.243 e. The van der Waals surface area contributed by atoms with Gasteiger partial charge < -0.3 is 10.1 Å². The van der Waals surface area contributed by atoms with Crippen molar-refractivity contribution in [3.8, 4) is 12.3 Å². The minimum atomic E-state index is -0.0207. The normalized spacial score (nSPS) is 19.8. The number of hydrogen-bond acceptors (Lipinski definition) is 2. The van der Waals surface area contributed by atoms with Gasteiger partial charge >= 0.3 is 0 Å². The second-order valence-electron chi connectivity index (χ2n) is 3.97. The van der Waals surface area contributed by atoms with Crippen LogP contribution < -0.4 is 5.32 Å². The first kappa shape index (κ1) is 12.8. The van der Waals surface area contributed by atoms with Gasteiger partial charge in [0.25, 0.3) is 0 Å². The Balaban J connectivity index is 2.03. The van der Waals surface area contributed by atoms with Crippen LogP contribution in [0.1, 0.15) is 25.7 Å².